The first-order valence-corrected chi connectivity index (χ1v) is 7.22. The zero-order chi connectivity index (χ0) is 14.1. The monoisotopic (exact) mass is 286 g/mol. The number of H-pyrrole nitrogens is 1. The summed E-state index contributed by atoms with van der Waals surface area (Å²) in [6.07, 6.45) is 3.77. The van der Waals surface area contributed by atoms with Gasteiger partial charge in [0, 0.05) is 24.1 Å². The van der Waals surface area contributed by atoms with Crippen molar-refractivity contribution >= 4 is 17.3 Å². The van der Waals surface area contributed by atoms with E-state index in [1.54, 1.807) is 0 Å². The Balaban J connectivity index is 2.03. The molecule has 0 aliphatic carbocycles. The van der Waals surface area contributed by atoms with Crippen LogP contribution in [0.15, 0.2) is 42.7 Å². The molecule has 0 radical (unpaired) electrons. The number of nitrogens with zero attached hydrogens (tertiary/aromatic N) is 2. The number of hydrogen-bond acceptors (Lipinski definition) is 2. The van der Waals surface area contributed by atoms with Gasteiger partial charge in [0.15, 0.2) is 5.11 Å². The van der Waals surface area contributed by atoms with Gasteiger partial charge in [-0.1, -0.05) is 6.07 Å². The number of aromatic nitrogens is 2. The van der Waals surface area contributed by atoms with Gasteiger partial charge in [-0.3, -0.25) is 4.98 Å². The van der Waals surface area contributed by atoms with Crippen LogP contribution in [0.4, 0.5) is 0 Å². The lowest BCUT2D eigenvalue weighted by Crippen LogP contribution is -2.35. The molecule has 0 spiro atoms. The fourth-order valence-corrected chi connectivity index (χ4v) is 3.23. The van der Waals surface area contributed by atoms with Gasteiger partial charge in [0.1, 0.15) is 0 Å². The molecule has 1 saturated heterocycles. The molecule has 104 valence electrons. The van der Waals surface area contributed by atoms with E-state index in [9.17, 15) is 0 Å². The number of rotatable bonds is 3. The molecule has 3 heterocycles. The summed E-state index contributed by atoms with van der Waals surface area (Å²) in [6, 6.07) is 10.7. The van der Waals surface area contributed by atoms with Crippen LogP contribution in [0.3, 0.4) is 0 Å². The number of hydrogen-bond donors (Lipinski definition) is 2. The van der Waals surface area contributed by atoms with Crippen molar-refractivity contribution in [3.63, 3.8) is 0 Å². The lowest BCUT2D eigenvalue weighted by atomic mass is 10.0. The quantitative estimate of drug-likeness (QED) is 0.852. The zero-order valence-electron chi connectivity index (χ0n) is 11.6. The van der Waals surface area contributed by atoms with Crippen LogP contribution in [-0.4, -0.2) is 26.0 Å². The Bertz CT molecular complexity index is 579. The molecule has 3 rings (SSSR count). The van der Waals surface area contributed by atoms with Crippen LogP contribution in [0.2, 0.25) is 0 Å². The summed E-state index contributed by atoms with van der Waals surface area (Å²) < 4.78 is 0. The smallest absolute Gasteiger partial charge is 0.170 e. The van der Waals surface area contributed by atoms with Crippen LogP contribution in [0, 0.1) is 0 Å². The number of pyridine rings is 1. The molecule has 2 atom stereocenters. The molecule has 2 unspecified atom stereocenters. The van der Waals surface area contributed by atoms with Gasteiger partial charge < -0.3 is 15.2 Å². The highest BCUT2D eigenvalue weighted by atomic mass is 32.1. The minimum atomic E-state index is 0.0738. The third kappa shape index (κ3) is 2.18. The van der Waals surface area contributed by atoms with Gasteiger partial charge in [-0.2, -0.15) is 0 Å². The maximum atomic E-state index is 5.52. The first-order chi connectivity index (χ1) is 9.68. The second-order valence-corrected chi connectivity index (χ2v) is 5.64. The SMILES string of the molecule is CC(C)N1C(=S)NC(c2ccccn2)C1c1ccc[nH]1. The minimum absolute atomic E-state index is 0.0738. The Morgan fingerprint density at radius 3 is 2.70 bits per heavy atom. The van der Waals surface area contributed by atoms with Gasteiger partial charge in [-0.25, -0.2) is 0 Å². The van der Waals surface area contributed by atoms with Crippen molar-refractivity contribution in [2.75, 3.05) is 0 Å². The van der Waals surface area contributed by atoms with Crippen molar-refractivity contribution in [1.29, 1.82) is 0 Å². The summed E-state index contributed by atoms with van der Waals surface area (Å²) in [7, 11) is 0. The van der Waals surface area contributed by atoms with E-state index < -0.39 is 0 Å². The third-order valence-electron chi connectivity index (χ3n) is 3.63. The van der Waals surface area contributed by atoms with Gasteiger partial charge in [-0.05, 0) is 50.3 Å². The maximum absolute atomic E-state index is 5.52. The maximum Gasteiger partial charge on any atom is 0.170 e. The molecule has 0 amide bonds. The standard InChI is InChI=1S/C15H18N4S/c1-10(2)19-14(12-7-5-9-17-12)13(18-15(19)20)11-6-3-4-8-16-11/h3-10,13-14,17H,1-2H3,(H,18,20). The second kappa shape index (κ2) is 5.25. The van der Waals surface area contributed by atoms with E-state index in [1.165, 1.54) is 0 Å². The minimum Gasteiger partial charge on any atom is -0.363 e. The predicted octanol–water partition coefficient (Wildman–Crippen LogP) is 2.79. The number of thiocarbonyl (C=S) groups is 1. The molecule has 0 bridgehead atoms. The Hall–Kier alpha value is -1.88. The summed E-state index contributed by atoms with van der Waals surface area (Å²) in [6.45, 7) is 4.31. The van der Waals surface area contributed by atoms with Crippen LogP contribution in [0.25, 0.3) is 0 Å². The molecule has 1 aliphatic heterocycles. The average molecular weight is 286 g/mol. The molecule has 1 fully saturated rings. The average Bonchev–Trinajstić information content (AvgIpc) is 3.06. The fraction of sp³-hybridized carbons (Fsp3) is 0.333. The first-order valence-electron chi connectivity index (χ1n) is 6.81. The summed E-state index contributed by atoms with van der Waals surface area (Å²) in [5.41, 5.74) is 2.17. The molecule has 2 N–H and O–H groups in total. The first kappa shape index (κ1) is 13.1. The highest BCUT2D eigenvalue weighted by Crippen LogP contribution is 2.38. The molecule has 2 aromatic heterocycles. The van der Waals surface area contributed by atoms with Crippen molar-refractivity contribution in [3.8, 4) is 0 Å². The number of aromatic amines is 1. The molecule has 5 heteroatoms. The molecule has 20 heavy (non-hydrogen) atoms. The van der Waals surface area contributed by atoms with Crippen LogP contribution in [0.5, 0.6) is 0 Å². The largest absolute Gasteiger partial charge is 0.363 e. The highest BCUT2D eigenvalue weighted by molar-refractivity contribution is 7.80. The summed E-state index contributed by atoms with van der Waals surface area (Å²) in [5.74, 6) is 0. The van der Waals surface area contributed by atoms with Crippen molar-refractivity contribution in [2.45, 2.75) is 32.0 Å². The van der Waals surface area contributed by atoms with Crippen LogP contribution in [0.1, 0.15) is 37.3 Å². The summed E-state index contributed by atoms with van der Waals surface area (Å²) >= 11 is 5.52. The molecular formula is C15H18N4S. The van der Waals surface area contributed by atoms with E-state index in [1.807, 2.05) is 36.7 Å². The topological polar surface area (TPSA) is 44.0 Å². The Morgan fingerprint density at radius 1 is 1.25 bits per heavy atom. The Morgan fingerprint density at radius 2 is 2.10 bits per heavy atom. The number of nitrogens with one attached hydrogen (secondary N) is 2. The Labute approximate surface area is 124 Å². The zero-order valence-corrected chi connectivity index (χ0v) is 12.4. The normalized spacial score (nSPS) is 22.4. The van der Waals surface area contributed by atoms with Gasteiger partial charge in [-0.15, -0.1) is 0 Å². The van der Waals surface area contributed by atoms with Crippen LogP contribution < -0.4 is 5.32 Å². The van der Waals surface area contributed by atoms with Crippen molar-refractivity contribution in [1.82, 2.24) is 20.2 Å². The van der Waals surface area contributed by atoms with E-state index in [0.717, 1.165) is 16.5 Å². The van der Waals surface area contributed by atoms with E-state index in [2.05, 4.69) is 40.1 Å². The second-order valence-electron chi connectivity index (χ2n) is 5.25. The summed E-state index contributed by atoms with van der Waals surface area (Å²) in [5, 5.41) is 4.20. The lowest BCUT2D eigenvalue weighted by Gasteiger charge is -2.30. The van der Waals surface area contributed by atoms with Gasteiger partial charge in [0.25, 0.3) is 0 Å². The molecule has 4 nitrogen and oxygen atoms in total. The molecule has 0 saturated carbocycles. The van der Waals surface area contributed by atoms with Crippen LogP contribution >= 0.6 is 12.2 Å². The predicted molar refractivity (Wildman–Crippen MR) is 83.2 cm³/mol. The lowest BCUT2D eigenvalue weighted by molar-refractivity contribution is 0.265. The molecule has 1 aliphatic rings. The fourth-order valence-electron chi connectivity index (χ4n) is 2.78. The van der Waals surface area contributed by atoms with Gasteiger partial charge in [0.05, 0.1) is 17.8 Å². The van der Waals surface area contributed by atoms with E-state index in [0.29, 0.717) is 6.04 Å². The third-order valence-corrected chi connectivity index (χ3v) is 3.96. The van der Waals surface area contributed by atoms with E-state index in [4.69, 9.17) is 12.2 Å². The van der Waals surface area contributed by atoms with Crippen molar-refractivity contribution in [2.24, 2.45) is 0 Å². The van der Waals surface area contributed by atoms with Gasteiger partial charge in [0.2, 0.25) is 0 Å². The van der Waals surface area contributed by atoms with E-state index >= 15 is 0 Å². The molecule has 0 aromatic carbocycles. The molecular weight excluding hydrogens is 268 g/mol. The highest BCUT2D eigenvalue weighted by Gasteiger charge is 2.41. The van der Waals surface area contributed by atoms with E-state index in [-0.39, 0.29) is 12.1 Å². The van der Waals surface area contributed by atoms with Crippen LogP contribution in [-0.2, 0) is 0 Å². The van der Waals surface area contributed by atoms with Crippen molar-refractivity contribution < 1.29 is 0 Å². The van der Waals surface area contributed by atoms with Gasteiger partial charge >= 0.3 is 0 Å². The van der Waals surface area contributed by atoms with Crippen molar-refractivity contribution in [3.05, 3.63) is 54.1 Å². The molecule has 2 aromatic rings. The Kier molecular flexibility index (Phi) is 3.44. The summed E-state index contributed by atoms with van der Waals surface area (Å²) in [4.78, 5) is 10.0.